The molecular weight excluding hydrogens is 260 g/mol. The predicted octanol–water partition coefficient (Wildman–Crippen LogP) is 0.468. The molecule has 1 aromatic carbocycles. The molecule has 0 saturated carbocycles. The summed E-state index contributed by atoms with van der Waals surface area (Å²) in [6.07, 6.45) is 4.48. The summed E-state index contributed by atoms with van der Waals surface area (Å²) in [5.41, 5.74) is 0. The number of rotatable bonds is 8. The second-order valence-corrected chi connectivity index (χ2v) is 3.79. The molecule has 0 unspecified atom stereocenters. The molecule has 0 aliphatic rings. The average Bonchev–Trinajstić information content (AvgIpc) is 2.32. The number of hydrogen-bond donors (Lipinski definition) is 0. The van der Waals surface area contributed by atoms with Crippen LogP contribution in [0, 0.1) is 6.07 Å². The molecule has 0 spiro atoms. The Morgan fingerprint density at radius 2 is 1.61 bits per heavy atom. The minimum Gasteiger partial charge on any atom is -1.00 e. The summed E-state index contributed by atoms with van der Waals surface area (Å²) in [6, 6.07) is 8.77. The van der Waals surface area contributed by atoms with Gasteiger partial charge in [-0.15, -0.1) is 24.3 Å². The van der Waals surface area contributed by atoms with E-state index < -0.39 is 0 Å². The van der Waals surface area contributed by atoms with E-state index in [1.54, 1.807) is 0 Å². The molecule has 0 atom stereocenters. The molecule has 18 heavy (non-hydrogen) atoms. The van der Waals surface area contributed by atoms with Gasteiger partial charge in [-0.2, -0.15) is 0 Å². The molecule has 0 radical (unpaired) electrons. The van der Waals surface area contributed by atoms with E-state index in [2.05, 4.69) is 19.9 Å². The first kappa shape index (κ1) is 20.2. The van der Waals surface area contributed by atoms with Gasteiger partial charge in [-0.1, -0.05) is 26.7 Å². The van der Waals surface area contributed by atoms with Gasteiger partial charge in [0.2, 0.25) is 0 Å². The van der Waals surface area contributed by atoms with Crippen LogP contribution in [0.1, 0.15) is 39.5 Å². The first-order chi connectivity index (χ1) is 7.86. The average molecular weight is 281 g/mol. The minimum atomic E-state index is 0. The monoisotopic (exact) mass is 280 g/mol. The fourth-order valence-corrected chi connectivity index (χ4v) is 1.24. The summed E-state index contributed by atoms with van der Waals surface area (Å²) < 4.78 is 11.1. The molecule has 4 heteroatoms. The molecule has 98 valence electrons. The Bertz CT molecular complexity index is 249. The van der Waals surface area contributed by atoms with Gasteiger partial charge in [-0.25, -0.2) is 0 Å². The van der Waals surface area contributed by atoms with Gasteiger partial charge >= 0.3 is 23.1 Å². The van der Waals surface area contributed by atoms with Gasteiger partial charge in [0, 0.05) is 11.5 Å². The van der Waals surface area contributed by atoms with Crippen LogP contribution < -0.4 is 21.9 Å². The van der Waals surface area contributed by atoms with Crippen molar-refractivity contribution < 1.29 is 21.9 Å². The molecular formula is C14H21ClMgO2. The van der Waals surface area contributed by atoms with Gasteiger partial charge in [-0.3, -0.25) is 0 Å². The summed E-state index contributed by atoms with van der Waals surface area (Å²) in [5, 5.41) is 0. The van der Waals surface area contributed by atoms with Crippen molar-refractivity contribution in [2.75, 3.05) is 13.2 Å². The summed E-state index contributed by atoms with van der Waals surface area (Å²) in [7, 11) is 0. The molecule has 1 rings (SSSR count). The van der Waals surface area contributed by atoms with Gasteiger partial charge in [0.25, 0.3) is 0 Å². The maximum absolute atomic E-state index is 5.54. The summed E-state index contributed by atoms with van der Waals surface area (Å²) >= 11 is 0. The molecule has 0 aliphatic heterocycles. The van der Waals surface area contributed by atoms with Crippen LogP contribution in [0.25, 0.3) is 0 Å². The van der Waals surface area contributed by atoms with Gasteiger partial charge in [-0.05, 0) is 12.8 Å². The normalized spacial score (nSPS) is 9.00. The van der Waals surface area contributed by atoms with Crippen molar-refractivity contribution in [1.29, 1.82) is 0 Å². The molecule has 0 N–H and O–H groups in total. The fraction of sp³-hybridized carbons (Fsp3) is 0.571. The third kappa shape index (κ3) is 8.89. The summed E-state index contributed by atoms with van der Waals surface area (Å²) in [5.74, 6) is 1.67. The number of hydrogen-bond acceptors (Lipinski definition) is 2. The van der Waals surface area contributed by atoms with Crippen molar-refractivity contribution in [3.63, 3.8) is 0 Å². The van der Waals surface area contributed by atoms with Gasteiger partial charge in [0.15, 0.2) is 0 Å². The Kier molecular flexibility index (Phi) is 14.9. The molecule has 0 fully saturated rings. The maximum atomic E-state index is 5.54. The van der Waals surface area contributed by atoms with Crippen LogP contribution in [-0.2, 0) is 0 Å². The van der Waals surface area contributed by atoms with E-state index in [0.29, 0.717) is 0 Å². The van der Waals surface area contributed by atoms with Crippen LogP contribution >= 0.6 is 0 Å². The predicted molar refractivity (Wildman–Crippen MR) is 71.8 cm³/mol. The standard InChI is InChI=1S/C14H21O2.ClH.Mg/c1-3-5-11-15-13-7-9-14(10-8-13)16-12-6-4-2;;/h7-9H,3-6,11-12H2,1-2H3;1H;/q-1;;+2/p-1. The minimum absolute atomic E-state index is 0. The van der Waals surface area contributed by atoms with E-state index in [1.165, 1.54) is 0 Å². The zero-order valence-electron chi connectivity index (χ0n) is 11.4. The molecule has 2 nitrogen and oxygen atoms in total. The van der Waals surface area contributed by atoms with Gasteiger partial charge < -0.3 is 21.9 Å². The number of benzene rings is 1. The Morgan fingerprint density at radius 3 is 2.11 bits per heavy atom. The maximum Gasteiger partial charge on any atom is 2.00 e. The smallest absolute Gasteiger partial charge is 1.00 e. The molecule has 0 heterocycles. The second kappa shape index (κ2) is 13.3. The van der Waals surface area contributed by atoms with E-state index in [-0.39, 0.29) is 35.5 Å². The number of unbranched alkanes of at least 4 members (excludes halogenated alkanes) is 2. The van der Waals surface area contributed by atoms with Gasteiger partial charge in [0.05, 0.1) is 13.2 Å². The third-order valence-corrected chi connectivity index (χ3v) is 2.28. The van der Waals surface area contributed by atoms with Crippen molar-refractivity contribution in [3.8, 4) is 11.5 Å². The SMILES string of the molecule is CCCCOc1[c-]cc(OCCCC)cc1.[Cl-].[Mg+2]. The van der Waals surface area contributed by atoms with E-state index in [1.807, 2.05) is 18.2 Å². The van der Waals surface area contributed by atoms with Crippen molar-refractivity contribution in [3.05, 3.63) is 24.3 Å². The second-order valence-electron chi connectivity index (χ2n) is 3.79. The van der Waals surface area contributed by atoms with E-state index in [0.717, 1.165) is 50.4 Å². The Hall–Kier alpha value is -0.124. The fourth-order valence-electron chi connectivity index (χ4n) is 1.24. The molecule has 0 saturated heterocycles. The largest absolute Gasteiger partial charge is 2.00 e. The van der Waals surface area contributed by atoms with Crippen molar-refractivity contribution in [1.82, 2.24) is 0 Å². The third-order valence-electron chi connectivity index (χ3n) is 2.28. The Balaban J connectivity index is 0. The summed E-state index contributed by atoms with van der Waals surface area (Å²) in [4.78, 5) is 0. The molecule has 0 amide bonds. The zero-order chi connectivity index (χ0) is 11.6. The quantitative estimate of drug-likeness (QED) is 0.392. The zero-order valence-corrected chi connectivity index (χ0v) is 13.5. The summed E-state index contributed by atoms with van der Waals surface area (Å²) in [6.45, 7) is 5.85. The first-order valence-corrected chi connectivity index (χ1v) is 6.14. The molecule has 1 aromatic rings. The van der Waals surface area contributed by atoms with Gasteiger partial charge in [0.1, 0.15) is 0 Å². The van der Waals surface area contributed by atoms with E-state index in [9.17, 15) is 0 Å². The number of halogens is 1. The van der Waals surface area contributed by atoms with Crippen molar-refractivity contribution in [2.45, 2.75) is 39.5 Å². The van der Waals surface area contributed by atoms with Crippen LogP contribution in [0.4, 0.5) is 0 Å². The van der Waals surface area contributed by atoms with Crippen LogP contribution in [0.15, 0.2) is 18.2 Å². The Labute approximate surface area is 133 Å². The van der Waals surface area contributed by atoms with Crippen molar-refractivity contribution >= 4 is 23.1 Å². The molecule has 0 aliphatic carbocycles. The Morgan fingerprint density at radius 1 is 1.00 bits per heavy atom. The van der Waals surface area contributed by atoms with Crippen LogP contribution in [-0.4, -0.2) is 36.3 Å². The molecule has 0 bridgehead atoms. The van der Waals surface area contributed by atoms with Crippen molar-refractivity contribution in [2.24, 2.45) is 0 Å². The van der Waals surface area contributed by atoms with E-state index >= 15 is 0 Å². The van der Waals surface area contributed by atoms with Crippen LogP contribution in [0.5, 0.6) is 11.5 Å². The van der Waals surface area contributed by atoms with Crippen LogP contribution in [0.2, 0.25) is 0 Å². The van der Waals surface area contributed by atoms with E-state index in [4.69, 9.17) is 9.47 Å². The molecule has 0 aromatic heterocycles. The topological polar surface area (TPSA) is 18.5 Å². The van der Waals surface area contributed by atoms with Crippen LogP contribution in [0.3, 0.4) is 0 Å². The first-order valence-electron chi connectivity index (χ1n) is 6.14. The number of ether oxygens (including phenoxy) is 2.